The van der Waals surface area contributed by atoms with Gasteiger partial charge in [-0.15, -0.1) is 0 Å². The van der Waals surface area contributed by atoms with Crippen molar-refractivity contribution in [3.8, 4) is 0 Å². The summed E-state index contributed by atoms with van der Waals surface area (Å²) in [4.78, 5) is 231. The summed E-state index contributed by atoms with van der Waals surface area (Å²) >= 11 is 0. The van der Waals surface area contributed by atoms with Gasteiger partial charge in [0.2, 0.25) is 0 Å². The summed E-state index contributed by atoms with van der Waals surface area (Å²) in [6.07, 6.45) is 0. The van der Waals surface area contributed by atoms with Crippen molar-refractivity contribution >= 4 is 70.4 Å². The van der Waals surface area contributed by atoms with Gasteiger partial charge in [-0.2, -0.15) is 70.4 Å². The van der Waals surface area contributed by atoms with E-state index in [2.05, 4.69) is 0 Å². The third-order valence-electron chi connectivity index (χ3n) is 0. The Labute approximate surface area is 374 Å². The second kappa shape index (κ2) is 46.5. The van der Waals surface area contributed by atoms with Crippen molar-refractivity contribution in [3.05, 3.63) is 0 Å². The van der Waals surface area contributed by atoms with E-state index >= 15 is 0 Å². The van der Waals surface area contributed by atoms with Crippen molar-refractivity contribution in [1.82, 2.24) is 0 Å². The molecule has 0 N–H and O–H groups in total. The molecule has 0 aromatic carbocycles. The van der Waals surface area contributed by atoms with Crippen LogP contribution in [0.3, 0.4) is 0 Å². The molecule has 0 bridgehead atoms. The predicted octanol–water partition coefficient (Wildman–Crippen LogP) is -25.4. The Balaban J connectivity index is -0.0000000217. The first-order valence-corrected chi connectivity index (χ1v) is 19.7. The Kier molecular flexibility index (Phi) is 92.0. The van der Waals surface area contributed by atoms with Crippen molar-refractivity contribution in [2.24, 2.45) is 0 Å². The minimum Gasteiger partial charge on any atom is -0.822 e. The number of rotatable bonds is 0. The van der Waals surface area contributed by atoms with E-state index in [4.69, 9.17) is 173 Å². The normalized spacial score (nSPS) is 10.4. The van der Waals surface area contributed by atoms with Gasteiger partial charge in [0.15, 0.2) is 0 Å². The van der Waals surface area contributed by atoms with Gasteiger partial charge >= 0.3 is 78.6 Å². The van der Waals surface area contributed by atoms with Gasteiger partial charge in [0.1, 0.15) is 0 Å². The summed E-state index contributed by atoms with van der Waals surface area (Å²) in [6.45, 7) is 0. The molecule has 0 fully saturated rings. The van der Waals surface area contributed by atoms with Crippen LogP contribution in [0, 0.1) is 0 Å². The van der Waals surface area contributed by atoms with Gasteiger partial charge in [-0.1, -0.05) is 0 Å². The van der Waals surface area contributed by atoms with Gasteiger partial charge in [0.25, 0.3) is 0 Å². The van der Waals surface area contributed by atoms with Crippen molar-refractivity contribution in [1.29, 1.82) is 0 Å². The largest absolute Gasteiger partial charge is 4.00 e. The van der Waals surface area contributed by atoms with Crippen LogP contribution in [0.4, 0.5) is 0 Å². The van der Waals surface area contributed by atoms with Crippen molar-refractivity contribution < 1.29 is 307 Å². The summed E-state index contributed by atoms with van der Waals surface area (Å²) in [6, 6.07) is 0. The van der Waals surface area contributed by atoms with Gasteiger partial charge in [0.05, 0.1) is 0 Å². The van der Waals surface area contributed by atoms with E-state index < -0.39 is 70.4 Å². The average molecular weight is 1280 g/mol. The second-order valence-corrected chi connectivity index (χ2v) is 12.1. The van der Waals surface area contributed by atoms with Crippen LogP contribution in [0.2, 0.25) is 0 Å². The van der Waals surface area contributed by atoms with E-state index in [1.54, 1.807) is 0 Å². The van der Waals surface area contributed by atoms with Gasteiger partial charge in [0, 0.05) is 55.7 Å². The van der Waals surface area contributed by atoms with Crippen LogP contribution in [0.15, 0.2) is 0 Å². The van der Waals surface area contributed by atoms with Crippen molar-refractivity contribution in [2.75, 3.05) is 0 Å². The summed E-state index contributed by atoms with van der Waals surface area (Å²) < 4.78 is 76.9. The quantitative estimate of drug-likeness (QED) is 0.203. The molecule has 0 saturated heterocycles. The number of hydrogen-bond acceptors (Lipinski definition) is 36. The first-order valence-electron chi connectivity index (χ1n) is 6.57. The van der Waals surface area contributed by atoms with Crippen LogP contribution < -0.4 is 132 Å². The monoisotopic (exact) mass is 1280 g/mol. The van der Waals surface area contributed by atoms with Gasteiger partial charge in [-0.05, 0) is 0 Å². The Morgan fingerprint density at radius 3 is 0.157 bits per heavy atom. The summed E-state index contributed by atoms with van der Waals surface area (Å²) in [7, 11) is -48.5. The zero-order chi connectivity index (χ0) is 40.5. The SMILES string of the molecule is O=P([O-])([O-])[O-].O=P([O-])([O-])[O-].O=P([O-])([O-])[O-].O=P([O-])([O-])[O-].O=P([O-])([O-])[O-].O=P([O-])([O-])[O-].O=P([O-])([O-])[O-].O=P([O-])([O-])[O-].O=P([O-])([O-])[O-].[V].[V].[V].[Zr+4].[Zr+4].[Zr+4]. The summed E-state index contributed by atoms with van der Waals surface area (Å²) in [5.74, 6) is 0. The smallest absolute Gasteiger partial charge is 0.822 e. The maximum atomic E-state index is 8.55. The molecule has 0 aromatic heterocycles. The van der Waals surface area contributed by atoms with Crippen LogP contribution in [0.1, 0.15) is 0 Å². The standard InChI is InChI=1S/9H3O4P.3V.3Zr/c9*1-5(2,3)4;;;;;;/h9*(H3,1,2,3,4);;;;;;/q;;;;;;;;;;;;3*+4/p-27. The maximum absolute atomic E-state index is 8.55. The molecule has 0 amide bonds. The molecule has 3 radical (unpaired) electrons. The maximum Gasteiger partial charge on any atom is 4.00 e. The van der Waals surface area contributed by atoms with Crippen LogP contribution >= 0.6 is 70.4 Å². The van der Waals surface area contributed by atoms with E-state index in [0.717, 1.165) is 0 Å². The van der Waals surface area contributed by atoms with Gasteiger partial charge in [-0.3, -0.25) is 0 Å². The fourth-order valence-corrected chi connectivity index (χ4v) is 0. The first kappa shape index (κ1) is 101. The van der Waals surface area contributed by atoms with Crippen LogP contribution in [0.5, 0.6) is 0 Å². The molecular formula is O36P9V3Zr3-15. The number of phosphoric acid groups is 9. The summed E-state index contributed by atoms with van der Waals surface area (Å²) in [5.41, 5.74) is 0. The van der Waals surface area contributed by atoms with Crippen LogP contribution in [0.25, 0.3) is 0 Å². The molecule has 0 rings (SSSR count). The molecule has 0 aromatic rings. The molecule has 36 nitrogen and oxygen atoms in total. The van der Waals surface area contributed by atoms with E-state index in [1.165, 1.54) is 0 Å². The Bertz CT molecular complexity index is 766. The average Bonchev–Trinajstić information content (AvgIpc) is 2.26. The molecule has 0 unspecified atom stereocenters. The zero-order valence-corrected chi connectivity index (χ0v) is 41.2. The van der Waals surface area contributed by atoms with Gasteiger partial charge < -0.3 is 173 Å². The second-order valence-electron chi connectivity index (χ2n) is 4.02. The fourth-order valence-electron chi connectivity index (χ4n) is 0. The Hall–Kier alpha value is 5.39. The number of hydrogen-bond donors (Lipinski definition) is 0. The Morgan fingerprint density at radius 2 is 0.157 bits per heavy atom. The van der Waals surface area contributed by atoms with E-state index in [9.17, 15) is 0 Å². The molecule has 0 spiro atoms. The van der Waals surface area contributed by atoms with E-state index in [0.29, 0.717) is 0 Å². The molecule has 0 aliphatic rings. The minimum absolute atomic E-state index is 0. The molecule has 303 valence electrons. The van der Waals surface area contributed by atoms with Gasteiger partial charge in [-0.25, -0.2) is 0 Å². The van der Waals surface area contributed by atoms with Crippen molar-refractivity contribution in [2.45, 2.75) is 0 Å². The molecule has 0 heterocycles. The third kappa shape index (κ3) is 5430. The van der Waals surface area contributed by atoms with Crippen LogP contribution in [-0.4, -0.2) is 0 Å². The van der Waals surface area contributed by atoms with E-state index in [1.807, 2.05) is 0 Å². The van der Waals surface area contributed by atoms with Crippen molar-refractivity contribution in [3.63, 3.8) is 0 Å². The molecular weight excluding hydrogens is 1280 g/mol. The zero-order valence-electron chi connectivity index (χ0n) is 21.6. The topological polar surface area (TPSA) is 776 Å². The first-order chi connectivity index (χ1) is 18.0. The molecule has 51 heavy (non-hydrogen) atoms. The molecule has 51 heteroatoms. The molecule has 0 aliphatic carbocycles. The van der Waals surface area contributed by atoms with E-state index in [-0.39, 0.29) is 134 Å². The predicted molar refractivity (Wildman–Crippen MR) is 68.5 cm³/mol. The molecule has 0 saturated carbocycles. The Morgan fingerprint density at radius 1 is 0.157 bits per heavy atom. The fraction of sp³-hybridized carbons (Fsp3) is 0. The third-order valence-corrected chi connectivity index (χ3v) is 0. The molecule has 0 aliphatic heterocycles. The minimum atomic E-state index is -5.39. The molecule has 0 atom stereocenters. The summed E-state index contributed by atoms with van der Waals surface area (Å²) in [5, 5.41) is 0. The van der Waals surface area contributed by atoms with Crippen LogP contribution in [-0.2, 0) is 175 Å².